The summed E-state index contributed by atoms with van der Waals surface area (Å²) in [5.74, 6) is -1.22. The smallest absolute Gasteiger partial charge is 0.163 e. The normalized spacial score (nSPS) is 28.8. The van der Waals surface area contributed by atoms with Crippen molar-refractivity contribution in [3.63, 3.8) is 0 Å². The van der Waals surface area contributed by atoms with E-state index in [-0.39, 0.29) is 12.0 Å². The van der Waals surface area contributed by atoms with Crippen molar-refractivity contribution in [3.05, 3.63) is 35.4 Å². The molecule has 2 nitrogen and oxygen atoms in total. The van der Waals surface area contributed by atoms with Crippen molar-refractivity contribution in [2.24, 2.45) is 11.7 Å². The molecule has 98 valence electrons. The van der Waals surface area contributed by atoms with Crippen LogP contribution in [0.2, 0.25) is 0 Å². The van der Waals surface area contributed by atoms with Crippen molar-refractivity contribution in [1.82, 2.24) is 4.90 Å². The van der Waals surface area contributed by atoms with Crippen molar-refractivity contribution in [3.8, 4) is 0 Å². The molecule has 18 heavy (non-hydrogen) atoms. The largest absolute Gasteiger partial charge is 0.330 e. The lowest BCUT2D eigenvalue weighted by molar-refractivity contribution is 0.214. The maximum atomic E-state index is 14.0. The second-order valence-corrected chi connectivity index (χ2v) is 5.34. The molecular weight excluding hydrogens is 234 g/mol. The van der Waals surface area contributed by atoms with E-state index in [0.29, 0.717) is 18.2 Å². The Balaban J connectivity index is 1.97. The Kier molecular flexibility index (Phi) is 3.08. The number of likely N-dealkylation sites (tertiary alicyclic amines) is 1. The second kappa shape index (κ2) is 4.59. The van der Waals surface area contributed by atoms with Crippen molar-refractivity contribution in [1.29, 1.82) is 0 Å². The number of hydrogen-bond acceptors (Lipinski definition) is 2. The van der Waals surface area contributed by atoms with Crippen LogP contribution in [0.1, 0.15) is 30.9 Å². The van der Waals surface area contributed by atoms with E-state index >= 15 is 0 Å². The Morgan fingerprint density at radius 2 is 2.00 bits per heavy atom. The van der Waals surface area contributed by atoms with Gasteiger partial charge in [-0.3, -0.25) is 4.90 Å². The van der Waals surface area contributed by atoms with Crippen molar-refractivity contribution in [2.45, 2.75) is 31.3 Å². The monoisotopic (exact) mass is 252 g/mol. The Morgan fingerprint density at radius 3 is 2.67 bits per heavy atom. The minimum absolute atomic E-state index is 0.0433. The number of hydrogen-bond donors (Lipinski definition) is 1. The zero-order valence-corrected chi connectivity index (χ0v) is 10.3. The first-order chi connectivity index (χ1) is 8.72. The van der Waals surface area contributed by atoms with E-state index in [9.17, 15) is 8.78 Å². The standard InChI is InChI=1S/C14H18F2N2/c15-12-3-1-2-11(13(12)16)14-9(8-17)6-7-18(14)10-4-5-10/h1-3,9-10,14H,4-8,17H2. The van der Waals surface area contributed by atoms with Crippen LogP contribution >= 0.6 is 0 Å². The van der Waals surface area contributed by atoms with Crippen LogP contribution in [0.15, 0.2) is 18.2 Å². The third kappa shape index (κ3) is 1.93. The van der Waals surface area contributed by atoms with E-state index in [1.165, 1.54) is 18.9 Å². The fraction of sp³-hybridized carbons (Fsp3) is 0.571. The molecule has 0 amide bonds. The van der Waals surface area contributed by atoms with Crippen molar-refractivity contribution >= 4 is 0 Å². The van der Waals surface area contributed by atoms with E-state index < -0.39 is 11.6 Å². The molecule has 0 radical (unpaired) electrons. The topological polar surface area (TPSA) is 29.3 Å². The molecule has 2 fully saturated rings. The fourth-order valence-electron chi connectivity index (χ4n) is 3.13. The van der Waals surface area contributed by atoms with E-state index in [2.05, 4.69) is 4.90 Å². The van der Waals surface area contributed by atoms with Crippen LogP contribution in [0, 0.1) is 17.6 Å². The van der Waals surface area contributed by atoms with Gasteiger partial charge >= 0.3 is 0 Å². The van der Waals surface area contributed by atoms with Crippen molar-refractivity contribution < 1.29 is 8.78 Å². The van der Waals surface area contributed by atoms with Gasteiger partial charge in [0.1, 0.15) is 0 Å². The van der Waals surface area contributed by atoms with Gasteiger partial charge in [-0.25, -0.2) is 8.78 Å². The van der Waals surface area contributed by atoms with Gasteiger partial charge in [0.2, 0.25) is 0 Å². The summed E-state index contributed by atoms with van der Waals surface area (Å²) in [5, 5.41) is 0. The molecule has 1 saturated heterocycles. The summed E-state index contributed by atoms with van der Waals surface area (Å²) < 4.78 is 27.4. The van der Waals surface area contributed by atoms with Crippen LogP contribution in [-0.2, 0) is 0 Å². The molecule has 4 heteroatoms. The summed E-state index contributed by atoms with van der Waals surface area (Å²) in [6.07, 6.45) is 3.32. The highest BCUT2D eigenvalue weighted by Gasteiger charge is 2.43. The third-order valence-corrected chi connectivity index (χ3v) is 4.18. The summed E-state index contributed by atoms with van der Waals surface area (Å²) in [6.45, 7) is 1.48. The highest BCUT2D eigenvalue weighted by atomic mass is 19.2. The van der Waals surface area contributed by atoms with Crippen LogP contribution in [0.25, 0.3) is 0 Å². The Hall–Kier alpha value is -1.00. The molecule has 1 heterocycles. The number of halogens is 2. The Labute approximate surface area is 106 Å². The van der Waals surface area contributed by atoms with Crippen LogP contribution < -0.4 is 5.73 Å². The minimum atomic E-state index is -0.758. The van der Waals surface area contributed by atoms with E-state index in [0.717, 1.165) is 13.0 Å². The quantitative estimate of drug-likeness (QED) is 0.895. The van der Waals surface area contributed by atoms with Gasteiger partial charge in [0.05, 0.1) is 0 Å². The molecule has 1 aliphatic carbocycles. The number of nitrogens with two attached hydrogens (primary N) is 1. The first-order valence-corrected chi connectivity index (χ1v) is 6.62. The summed E-state index contributed by atoms with van der Waals surface area (Å²) in [5.41, 5.74) is 6.27. The van der Waals surface area contributed by atoms with Gasteiger partial charge in [0, 0.05) is 17.6 Å². The number of benzene rings is 1. The molecular formula is C14H18F2N2. The SMILES string of the molecule is NCC1CCN(C2CC2)C1c1cccc(F)c1F. The lowest BCUT2D eigenvalue weighted by Crippen LogP contribution is -2.30. The van der Waals surface area contributed by atoms with E-state index in [1.54, 1.807) is 12.1 Å². The molecule has 2 atom stereocenters. The second-order valence-electron chi connectivity index (χ2n) is 5.34. The summed E-state index contributed by atoms with van der Waals surface area (Å²) in [6, 6.07) is 4.97. The molecule has 1 aromatic carbocycles. The van der Waals surface area contributed by atoms with Crippen LogP contribution in [0.5, 0.6) is 0 Å². The fourth-order valence-corrected chi connectivity index (χ4v) is 3.13. The molecule has 1 aliphatic heterocycles. The van der Waals surface area contributed by atoms with Gasteiger partial charge in [0.25, 0.3) is 0 Å². The van der Waals surface area contributed by atoms with Gasteiger partial charge in [-0.1, -0.05) is 12.1 Å². The van der Waals surface area contributed by atoms with Gasteiger partial charge < -0.3 is 5.73 Å². The maximum absolute atomic E-state index is 14.0. The van der Waals surface area contributed by atoms with Crippen LogP contribution in [-0.4, -0.2) is 24.0 Å². The lowest BCUT2D eigenvalue weighted by atomic mass is 9.93. The average Bonchev–Trinajstić information content (AvgIpc) is 3.13. The first kappa shape index (κ1) is 12.1. The van der Waals surface area contributed by atoms with Gasteiger partial charge in [-0.2, -0.15) is 0 Å². The van der Waals surface area contributed by atoms with Crippen molar-refractivity contribution in [2.75, 3.05) is 13.1 Å². The van der Waals surface area contributed by atoms with Gasteiger partial charge in [0.15, 0.2) is 11.6 Å². The van der Waals surface area contributed by atoms with Crippen LogP contribution in [0.4, 0.5) is 8.78 Å². The predicted molar refractivity (Wildman–Crippen MR) is 66.0 cm³/mol. The molecule has 1 aromatic rings. The molecule has 2 aliphatic rings. The average molecular weight is 252 g/mol. The predicted octanol–water partition coefficient (Wildman–Crippen LogP) is 2.45. The molecule has 0 spiro atoms. The molecule has 2 unspecified atom stereocenters. The zero-order chi connectivity index (χ0) is 12.7. The number of rotatable bonds is 3. The first-order valence-electron chi connectivity index (χ1n) is 6.62. The zero-order valence-electron chi connectivity index (χ0n) is 10.3. The summed E-state index contributed by atoms with van der Waals surface area (Å²) in [7, 11) is 0. The molecule has 1 saturated carbocycles. The Bertz CT molecular complexity index is 445. The molecule has 2 N–H and O–H groups in total. The Morgan fingerprint density at radius 1 is 1.22 bits per heavy atom. The summed E-state index contributed by atoms with van der Waals surface area (Å²) >= 11 is 0. The highest BCUT2D eigenvalue weighted by Crippen LogP contribution is 2.44. The molecule has 3 rings (SSSR count). The molecule has 0 bridgehead atoms. The highest BCUT2D eigenvalue weighted by molar-refractivity contribution is 5.25. The number of nitrogens with zero attached hydrogens (tertiary/aromatic N) is 1. The summed E-state index contributed by atoms with van der Waals surface area (Å²) in [4.78, 5) is 2.31. The van der Waals surface area contributed by atoms with Crippen LogP contribution in [0.3, 0.4) is 0 Å². The minimum Gasteiger partial charge on any atom is -0.330 e. The lowest BCUT2D eigenvalue weighted by Gasteiger charge is -2.28. The van der Waals surface area contributed by atoms with E-state index in [4.69, 9.17) is 5.73 Å². The van der Waals surface area contributed by atoms with Gasteiger partial charge in [-0.15, -0.1) is 0 Å². The maximum Gasteiger partial charge on any atom is 0.163 e. The van der Waals surface area contributed by atoms with Gasteiger partial charge in [-0.05, 0) is 44.3 Å². The third-order valence-electron chi connectivity index (χ3n) is 4.18. The van der Waals surface area contributed by atoms with E-state index in [1.807, 2.05) is 0 Å². The molecule has 0 aromatic heterocycles.